The molecule has 7 heteroatoms. The molecule has 1 aliphatic rings. The molecule has 24 heavy (non-hydrogen) atoms. The third-order valence-corrected chi connectivity index (χ3v) is 5.26. The zero-order valence-electron chi connectivity index (χ0n) is 13.9. The molecule has 1 atom stereocenters. The lowest BCUT2D eigenvalue weighted by molar-refractivity contribution is -0.133. The highest BCUT2D eigenvalue weighted by Gasteiger charge is 2.27. The molecule has 1 aromatic carbocycles. The van der Waals surface area contributed by atoms with Gasteiger partial charge in [-0.3, -0.25) is 9.36 Å². The van der Waals surface area contributed by atoms with Crippen LogP contribution in [0.1, 0.15) is 31.4 Å². The van der Waals surface area contributed by atoms with Crippen molar-refractivity contribution < 1.29 is 4.79 Å². The van der Waals surface area contributed by atoms with E-state index in [-0.39, 0.29) is 11.9 Å². The average Bonchev–Trinajstić information content (AvgIpc) is 3.25. The summed E-state index contributed by atoms with van der Waals surface area (Å²) in [4.78, 5) is 14.5. The van der Waals surface area contributed by atoms with Crippen molar-refractivity contribution in [2.24, 2.45) is 0 Å². The van der Waals surface area contributed by atoms with Gasteiger partial charge < -0.3 is 10.6 Å². The summed E-state index contributed by atoms with van der Waals surface area (Å²) in [5.41, 5.74) is 7.25. The van der Waals surface area contributed by atoms with Crippen molar-refractivity contribution in [2.45, 2.75) is 37.4 Å². The van der Waals surface area contributed by atoms with Crippen LogP contribution in [0.3, 0.4) is 0 Å². The second-order valence-electron chi connectivity index (χ2n) is 6.00. The number of nitrogen functional groups attached to an aromatic ring is 1. The number of aromatic nitrogens is 3. The number of likely N-dealkylation sites (tertiary alicyclic amines) is 1. The van der Waals surface area contributed by atoms with E-state index in [1.807, 2.05) is 30.0 Å². The van der Waals surface area contributed by atoms with Crippen molar-refractivity contribution in [3.8, 4) is 0 Å². The van der Waals surface area contributed by atoms with E-state index in [0.717, 1.165) is 38.1 Å². The second kappa shape index (κ2) is 7.70. The van der Waals surface area contributed by atoms with Gasteiger partial charge in [0.25, 0.3) is 0 Å². The van der Waals surface area contributed by atoms with Crippen molar-refractivity contribution in [1.82, 2.24) is 19.7 Å². The summed E-state index contributed by atoms with van der Waals surface area (Å²) in [6.07, 6.45) is 3.09. The van der Waals surface area contributed by atoms with Gasteiger partial charge in [0.2, 0.25) is 11.9 Å². The molecule has 0 bridgehead atoms. The monoisotopic (exact) mass is 345 g/mol. The number of anilines is 1. The molecule has 1 aromatic heterocycles. The number of hydrogen-bond acceptors (Lipinski definition) is 5. The van der Waals surface area contributed by atoms with Crippen LogP contribution in [0.25, 0.3) is 0 Å². The van der Waals surface area contributed by atoms with E-state index in [2.05, 4.69) is 22.3 Å². The van der Waals surface area contributed by atoms with Crippen LogP contribution < -0.4 is 5.73 Å². The number of nitrogens with two attached hydrogens (primary N) is 1. The SMILES string of the molecule is CC(C(=O)N1CCCC1)n1c(N)nnc1SCCc1ccccc1. The van der Waals surface area contributed by atoms with E-state index in [0.29, 0.717) is 11.1 Å². The fourth-order valence-electron chi connectivity index (χ4n) is 2.97. The van der Waals surface area contributed by atoms with Crippen LogP contribution in [0.15, 0.2) is 35.5 Å². The molecule has 1 unspecified atom stereocenters. The zero-order valence-corrected chi connectivity index (χ0v) is 14.7. The molecule has 0 saturated carbocycles. The minimum atomic E-state index is -0.364. The van der Waals surface area contributed by atoms with E-state index >= 15 is 0 Å². The number of amides is 1. The maximum atomic E-state index is 12.6. The van der Waals surface area contributed by atoms with Gasteiger partial charge in [-0.1, -0.05) is 42.1 Å². The quantitative estimate of drug-likeness (QED) is 0.814. The van der Waals surface area contributed by atoms with Crippen molar-refractivity contribution >= 4 is 23.6 Å². The highest BCUT2D eigenvalue weighted by molar-refractivity contribution is 7.99. The minimum absolute atomic E-state index is 0.101. The van der Waals surface area contributed by atoms with Gasteiger partial charge in [-0.2, -0.15) is 0 Å². The lowest BCUT2D eigenvalue weighted by atomic mass is 10.2. The summed E-state index contributed by atoms with van der Waals surface area (Å²) in [6, 6.07) is 9.95. The zero-order chi connectivity index (χ0) is 16.9. The van der Waals surface area contributed by atoms with Crippen molar-refractivity contribution in [3.05, 3.63) is 35.9 Å². The maximum Gasteiger partial charge on any atom is 0.245 e. The molecule has 0 radical (unpaired) electrons. The molecule has 2 heterocycles. The Balaban J connectivity index is 1.65. The molecule has 0 aliphatic carbocycles. The van der Waals surface area contributed by atoms with Crippen LogP contribution in [0, 0.1) is 0 Å². The number of nitrogens with zero attached hydrogens (tertiary/aromatic N) is 4. The Hall–Kier alpha value is -2.02. The Bertz CT molecular complexity index is 682. The van der Waals surface area contributed by atoms with Crippen molar-refractivity contribution in [3.63, 3.8) is 0 Å². The largest absolute Gasteiger partial charge is 0.368 e. The normalized spacial score (nSPS) is 15.6. The lowest BCUT2D eigenvalue weighted by Crippen LogP contribution is -2.34. The van der Waals surface area contributed by atoms with Crippen LogP contribution in [0.5, 0.6) is 0 Å². The molecule has 1 amide bonds. The first-order valence-electron chi connectivity index (χ1n) is 8.32. The number of rotatable bonds is 6. The van der Waals surface area contributed by atoms with Crippen molar-refractivity contribution in [1.29, 1.82) is 0 Å². The molecule has 1 aliphatic heterocycles. The standard InChI is InChI=1S/C17H23N5OS/c1-13(15(23)21-10-5-6-11-21)22-16(18)19-20-17(22)24-12-9-14-7-3-2-4-8-14/h2-4,7-8,13H,5-6,9-12H2,1H3,(H2,18,19). The summed E-state index contributed by atoms with van der Waals surface area (Å²) >= 11 is 1.59. The van der Waals surface area contributed by atoms with Gasteiger partial charge in [-0.05, 0) is 31.7 Å². The molecule has 3 rings (SSSR count). The number of aryl methyl sites for hydroxylation is 1. The Morgan fingerprint density at radius 1 is 1.25 bits per heavy atom. The first-order chi connectivity index (χ1) is 11.7. The average molecular weight is 345 g/mol. The molecule has 1 saturated heterocycles. The Labute approximate surface area is 146 Å². The fourth-order valence-corrected chi connectivity index (χ4v) is 3.98. The number of carbonyl (C=O) groups excluding carboxylic acids is 1. The fraction of sp³-hybridized carbons (Fsp3) is 0.471. The van der Waals surface area contributed by atoms with Crippen LogP contribution in [0.4, 0.5) is 5.95 Å². The van der Waals surface area contributed by atoms with E-state index in [9.17, 15) is 4.79 Å². The smallest absolute Gasteiger partial charge is 0.245 e. The van der Waals surface area contributed by atoms with E-state index < -0.39 is 0 Å². The Kier molecular flexibility index (Phi) is 5.40. The summed E-state index contributed by atoms with van der Waals surface area (Å²) in [7, 11) is 0. The summed E-state index contributed by atoms with van der Waals surface area (Å²) in [6.45, 7) is 3.55. The molecule has 0 spiro atoms. The highest BCUT2D eigenvalue weighted by Crippen LogP contribution is 2.25. The van der Waals surface area contributed by atoms with E-state index in [1.54, 1.807) is 16.3 Å². The molecular weight excluding hydrogens is 322 g/mol. The summed E-state index contributed by atoms with van der Waals surface area (Å²) in [5, 5.41) is 8.84. The number of hydrogen-bond donors (Lipinski definition) is 1. The van der Waals surface area contributed by atoms with Gasteiger partial charge >= 0.3 is 0 Å². The van der Waals surface area contributed by atoms with Crippen molar-refractivity contribution in [2.75, 3.05) is 24.6 Å². The van der Waals surface area contributed by atoms with E-state index in [4.69, 9.17) is 5.73 Å². The number of thioether (sulfide) groups is 1. The van der Waals surface area contributed by atoms with Gasteiger partial charge in [-0.25, -0.2) is 0 Å². The van der Waals surface area contributed by atoms with Crippen LogP contribution in [-0.2, 0) is 11.2 Å². The Morgan fingerprint density at radius 3 is 2.67 bits per heavy atom. The predicted octanol–water partition coefficient (Wildman–Crippen LogP) is 2.38. The van der Waals surface area contributed by atoms with Gasteiger partial charge in [0.1, 0.15) is 6.04 Å². The van der Waals surface area contributed by atoms with Gasteiger partial charge in [-0.15, -0.1) is 10.2 Å². The molecule has 6 nitrogen and oxygen atoms in total. The van der Waals surface area contributed by atoms with E-state index in [1.165, 1.54) is 5.56 Å². The summed E-state index contributed by atoms with van der Waals surface area (Å²) in [5.74, 6) is 1.27. The van der Waals surface area contributed by atoms with Crippen LogP contribution in [0.2, 0.25) is 0 Å². The molecule has 128 valence electrons. The first-order valence-corrected chi connectivity index (χ1v) is 9.31. The maximum absolute atomic E-state index is 12.6. The lowest BCUT2D eigenvalue weighted by Gasteiger charge is -2.22. The predicted molar refractivity (Wildman–Crippen MR) is 95.8 cm³/mol. The topological polar surface area (TPSA) is 77.0 Å². The second-order valence-corrected chi connectivity index (χ2v) is 7.07. The molecule has 2 N–H and O–H groups in total. The van der Waals surface area contributed by atoms with Gasteiger partial charge in [0.15, 0.2) is 5.16 Å². The third-order valence-electron chi connectivity index (χ3n) is 4.32. The molecular formula is C17H23N5OS. The number of carbonyl (C=O) groups is 1. The molecule has 2 aromatic rings. The third kappa shape index (κ3) is 3.72. The minimum Gasteiger partial charge on any atom is -0.368 e. The summed E-state index contributed by atoms with van der Waals surface area (Å²) < 4.78 is 1.76. The molecule has 1 fully saturated rings. The van der Waals surface area contributed by atoms with Gasteiger partial charge in [0, 0.05) is 18.8 Å². The number of benzene rings is 1. The highest BCUT2D eigenvalue weighted by atomic mass is 32.2. The van der Waals surface area contributed by atoms with Gasteiger partial charge in [0.05, 0.1) is 0 Å². The Morgan fingerprint density at radius 2 is 1.96 bits per heavy atom. The first kappa shape index (κ1) is 16.8. The van der Waals surface area contributed by atoms with Crippen LogP contribution >= 0.6 is 11.8 Å². The van der Waals surface area contributed by atoms with Crippen LogP contribution in [-0.4, -0.2) is 44.4 Å².